The van der Waals surface area contributed by atoms with Gasteiger partial charge in [-0.3, -0.25) is 4.98 Å². The molecule has 56 valence electrons. The lowest BCUT2D eigenvalue weighted by molar-refractivity contribution is 0.602. The summed E-state index contributed by atoms with van der Waals surface area (Å²) in [5.41, 5.74) is 2.22. The van der Waals surface area contributed by atoms with E-state index in [1.54, 1.807) is 17.8 Å². The molecule has 1 aromatic rings. The van der Waals surface area contributed by atoms with Crippen LogP contribution in [-0.4, -0.2) is 9.54 Å². The number of pyridine rings is 1. The Morgan fingerprint density at radius 1 is 1.55 bits per heavy atom. The van der Waals surface area contributed by atoms with Crippen LogP contribution < -0.4 is 0 Å². The normalized spacial score (nSPS) is 21.4. The van der Waals surface area contributed by atoms with Gasteiger partial charge in [-0.25, -0.2) is 0 Å². The summed E-state index contributed by atoms with van der Waals surface area (Å²) in [6.45, 7) is 0. The molecule has 1 atom stereocenters. The minimum Gasteiger partial charge on any atom is -0.612 e. The van der Waals surface area contributed by atoms with Gasteiger partial charge in [-0.15, -0.1) is 0 Å². The second kappa shape index (κ2) is 2.68. The summed E-state index contributed by atoms with van der Waals surface area (Å²) in [5.74, 6) is 0.611. The fourth-order valence-electron chi connectivity index (χ4n) is 1.07. The van der Waals surface area contributed by atoms with Crippen LogP contribution in [0.3, 0.4) is 0 Å². The lowest BCUT2D eigenvalue weighted by atomic mass is 10.1. The molecule has 2 heterocycles. The zero-order valence-electron chi connectivity index (χ0n) is 5.86. The number of rotatable bonds is 0. The first-order valence-electron chi connectivity index (χ1n) is 3.34. The molecule has 2 nitrogen and oxygen atoms in total. The predicted molar refractivity (Wildman–Crippen MR) is 45.1 cm³/mol. The minimum atomic E-state index is -0.822. The van der Waals surface area contributed by atoms with E-state index in [0.29, 0.717) is 5.75 Å². The van der Waals surface area contributed by atoms with E-state index in [1.165, 1.54) is 0 Å². The van der Waals surface area contributed by atoms with Gasteiger partial charge in [0.1, 0.15) is 11.2 Å². The molecular weight excluding hydrogens is 158 g/mol. The van der Waals surface area contributed by atoms with Gasteiger partial charge < -0.3 is 4.55 Å². The summed E-state index contributed by atoms with van der Waals surface area (Å²) >= 11 is -0.822. The Kier molecular flexibility index (Phi) is 1.68. The van der Waals surface area contributed by atoms with Gasteiger partial charge in [0.05, 0.1) is 0 Å². The Morgan fingerprint density at radius 2 is 2.45 bits per heavy atom. The largest absolute Gasteiger partial charge is 0.612 e. The highest BCUT2D eigenvalue weighted by Crippen LogP contribution is 2.19. The van der Waals surface area contributed by atoms with Gasteiger partial charge in [0.15, 0.2) is 0 Å². The van der Waals surface area contributed by atoms with Crippen molar-refractivity contribution in [3.63, 3.8) is 0 Å². The molecule has 0 saturated heterocycles. The average molecular weight is 165 g/mol. The first-order chi connectivity index (χ1) is 5.36. The fourth-order valence-corrected chi connectivity index (χ4v) is 2.01. The van der Waals surface area contributed by atoms with Crippen LogP contribution in [0.2, 0.25) is 0 Å². The van der Waals surface area contributed by atoms with Crippen LogP contribution in [0.25, 0.3) is 6.08 Å². The third-order valence-electron chi connectivity index (χ3n) is 1.64. The first kappa shape index (κ1) is 6.88. The molecule has 0 bridgehead atoms. The lowest BCUT2D eigenvalue weighted by Gasteiger charge is -2.11. The second-order valence-corrected chi connectivity index (χ2v) is 3.72. The van der Waals surface area contributed by atoms with Crippen LogP contribution >= 0.6 is 0 Å². The Morgan fingerprint density at radius 3 is 3.36 bits per heavy atom. The Bertz CT molecular complexity index is 298. The van der Waals surface area contributed by atoms with E-state index >= 15 is 0 Å². The Hall–Kier alpha value is -0.800. The van der Waals surface area contributed by atoms with Crippen molar-refractivity contribution in [3.05, 3.63) is 35.0 Å². The lowest BCUT2D eigenvalue weighted by Crippen LogP contribution is -2.06. The van der Waals surface area contributed by atoms with E-state index in [9.17, 15) is 4.55 Å². The molecule has 0 fully saturated rings. The molecule has 1 aliphatic heterocycles. The molecule has 0 aromatic carbocycles. The zero-order valence-corrected chi connectivity index (χ0v) is 6.67. The summed E-state index contributed by atoms with van der Waals surface area (Å²) < 4.78 is 11.0. The van der Waals surface area contributed by atoms with Crippen molar-refractivity contribution in [2.24, 2.45) is 0 Å². The maximum absolute atomic E-state index is 11.0. The number of aromatic nitrogens is 1. The molecule has 1 aromatic heterocycles. The van der Waals surface area contributed by atoms with Gasteiger partial charge in [0, 0.05) is 18.0 Å². The predicted octanol–water partition coefficient (Wildman–Crippen LogP) is 1.31. The molecular formula is C8H7NOS. The van der Waals surface area contributed by atoms with E-state index in [4.69, 9.17) is 0 Å². The van der Waals surface area contributed by atoms with Gasteiger partial charge >= 0.3 is 0 Å². The first-order valence-corrected chi connectivity index (χ1v) is 4.73. The highest BCUT2D eigenvalue weighted by molar-refractivity contribution is 7.93. The number of hydrogen-bond donors (Lipinski definition) is 0. The molecule has 3 heteroatoms. The Labute approximate surface area is 68.1 Å². The fraction of sp³-hybridized carbons (Fsp3) is 0.125. The van der Waals surface area contributed by atoms with Crippen molar-refractivity contribution in [2.75, 3.05) is 0 Å². The van der Waals surface area contributed by atoms with E-state index in [1.807, 2.05) is 12.1 Å². The average Bonchev–Trinajstić information content (AvgIpc) is 2.04. The van der Waals surface area contributed by atoms with Crippen molar-refractivity contribution in [3.8, 4) is 0 Å². The summed E-state index contributed by atoms with van der Waals surface area (Å²) in [6, 6.07) is 1.93. The minimum absolute atomic E-state index is 0.611. The van der Waals surface area contributed by atoms with Gasteiger partial charge in [0.2, 0.25) is 0 Å². The summed E-state index contributed by atoms with van der Waals surface area (Å²) in [6.07, 6.45) is 5.41. The van der Waals surface area contributed by atoms with E-state index in [0.717, 1.165) is 11.1 Å². The smallest absolute Gasteiger partial charge is 0.137 e. The van der Waals surface area contributed by atoms with Crippen LogP contribution in [0, 0.1) is 0 Å². The van der Waals surface area contributed by atoms with Crippen LogP contribution in [0.4, 0.5) is 0 Å². The van der Waals surface area contributed by atoms with Crippen LogP contribution in [0.15, 0.2) is 23.9 Å². The van der Waals surface area contributed by atoms with Crippen LogP contribution in [0.1, 0.15) is 11.1 Å². The molecule has 1 aliphatic rings. The van der Waals surface area contributed by atoms with Gasteiger partial charge in [-0.2, -0.15) is 0 Å². The van der Waals surface area contributed by atoms with Gasteiger partial charge in [-0.05, 0) is 28.9 Å². The third-order valence-corrected chi connectivity index (χ3v) is 2.67. The summed E-state index contributed by atoms with van der Waals surface area (Å²) in [5, 5.41) is 1.72. The SMILES string of the molecule is [O-][S+]1C=Cc2ccncc2C1. The highest BCUT2D eigenvalue weighted by atomic mass is 32.2. The van der Waals surface area contributed by atoms with Gasteiger partial charge in [-0.1, -0.05) is 0 Å². The summed E-state index contributed by atoms with van der Waals surface area (Å²) in [7, 11) is 0. The monoisotopic (exact) mass is 165 g/mol. The number of fused-ring (bicyclic) bond motifs is 1. The van der Waals surface area contributed by atoms with Crippen molar-refractivity contribution in [1.29, 1.82) is 0 Å². The molecule has 0 amide bonds. The molecule has 0 radical (unpaired) electrons. The van der Waals surface area contributed by atoms with Gasteiger partial charge in [0.25, 0.3) is 0 Å². The molecule has 1 unspecified atom stereocenters. The van der Waals surface area contributed by atoms with Crippen molar-refractivity contribution in [2.45, 2.75) is 5.75 Å². The maximum Gasteiger partial charge on any atom is 0.137 e. The van der Waals surface area contributed by atoms with Crippen molar-refractivity contribution in [1.82, 2.24) is 4.98 Å². The van der Waals surface area contributed by atoms with Crippen LogP contribution in [-0.2, 0) is 16.9 Å². The molecule has 2 rings (SSSR count). The van der Waals surface area contributed by atoms with Crippen LogP contribution in [0.5, 0.6) is 0 Å². The highest BCUT2D eigenvalue weighted by Gasteiger charge is 2.12. The standard InChI is InChI=1S/C8H7NOS/c10-11-4-2-7-1-3-9-5-8(7)6-11/h1-5H,6H2. The summed E-state index contributed by atoms with van der Waals surface area (Å²) in [4.78, 5) is 3.96. The molecule has 0 N–H and O–H groups in total. The quantitative estimate of drug-likeness (QED) is 0.543. The number of nitrogens with zero attached hydrogens (tertiary/aromatic N) is 1. The van der Waals surface area contributed by atoms with E-state index < -0.39 is 11.2 Å². The van der Waals surface area contributed by atoms with Crippen molar-refractivity contribution >= 4 is 17.3 Å². The third kappa shape index (κ3) is 1.29. The molecule has 11 heavy (non-hydrogen) atoms. The molecule has 0 aliphatic carbocycles. The van der Waals surface area contributed by atoms with E-state index in [-0.39, 0.29) is 0 Å². The molecule has 0 saturated carbocycles. The number of hydrogen-bond acceptors (Lipinski definition) is 2. The van der Waals surface area contributed by atoms with Crippen molar-refractivity contribution < 1.29 is 4.55 Å². The topological polar surface area (TPSA) is 36.0 Å². The second-order valence-electron chi connectivity index (χ2n) is 2.40. The maximum atomic E-state index is 11.0. The Balaban J connectivity index is 2.46. The van der Waals surface area contributed by atoms with E-state index in [2.05, 4.69) is 4.98 Å². The zero-order chi connectivity index (χ0) is 7.68. The molecule has 0 spiro atoms.